The van der Waals surface area contributed by atoms with Crippen molar-refractivity contribution in [2.75, 3.05) is 6.54 Å². The summed E-state index contributed by atoms with van der Waals surface area (Å²) in [6.07, 6.45) is 1.91. The number of benzene rings is 1. The van der Waals surface area contributed by atoms with Crippen LogP contribution in [0, 0.1) is 5.92 Å². The third-order valence-electron chi connectivity index (χ3n) is 3.60. The van der Waals surface area contributed by atoms with Crippen LogP contribution in [0.1, 0.15) is 39.2 Å². The minimum atomic E-state index is -0.486. The van der Waals surface area contributed by atoms with Gasteiger partial charge in [-0.3, -0.25) is 0 Å². The van der Waals surface area contributed by atoms with Crippen LogP contribution >= 0.6 is 23.2 Å². The molecule has 0 spiro atoms. The molecule has 1 aromatic rings. The van der Waals surface area contributed by atoms with Gasteiger partial charge < -0.3 is 15.4 Å². The minimum Gasteiger partial charge on any atom is -0.444 e. The van der Waals surface area contributed by atoms with Gasteiger partial charge in [-0.25, -0.2) is 4.79 Å². The van der Waals surface area contributed by atoms with E-state index >= 15 is 0 Å². The largest absolute Gasteiger partial charge is 0.444 e. The monoisotopic (exact) mass is 358 g/mol. The molecule has 0 aromatic heterocycles. The highest BCUT2D eigenvalue weighted by atomic mass is 35.5. The Kier molecular flexibility index (Phi) is 6.18. The van der Waals surface area contributed by atoms with Gasteiger partial charge in [0.05, 0.1) is 10.0 Å². The van der Waals surface area contributed by atoms with Crippen molar-refractivity contribution in [3.8, 4) is 0 Å². The van der Waals surface area contributed by atoms with Crippen LogP contribution in [0.4, 0.5) is 4.79 Å². The molecule has 23 heavy (non-hydrogen) atoms. The molecule has 1 amide bonds. The van der Waals surface area contributed by atoms with E-state index in [2.05, 4.69) is 10.6 Å². The molecule has 1 fully saturated rings. The number of carbonyl (C=O) groups excluding carboxylic acids is 1. The Morgan fingerprint density at radius 1 is 1.35 bits per heavy atom. The van der Waals surface area contributed by atoms with Gasteiger partial charge in [0.1, 0.15) is 5.60 Å². The van der Waals surface area contributed by atoms with E-state index in [1.54, 1.807) is 6.07 Å². The van der Waals surface area contributed by atoms with Crippen molar-refractivity contribution < 1.29 is 9.53 Å². The van der Waals surface area contributed by atoms with Crippen molar-refractivity contribution in [3.05, 3.63) is 33.8 Å². The Labute approximate surface area is 147 Å². The molecule has 1 aromatic carbocycles. The smallest absolute Gasteiger partial charge is 0.407 e. The van der Waals surface area contributed by atoms with Crippen LogP contribution in [0.2, 0.25) is 10.0 Å². The summed E-state index contributed by atoms with van der Waals surface area (Å²) in [5.74, 6) is 0.518. The highest BCUT2D eigenvalue weighted by Crippen LogP contribution is 2.32. The van der Waals surface area contributed by atoms with Gasteiger partial charge in [-0.05, 0) is 51.2 Å². The molecule has 6 heteroatoms. The Morgan fingerprint density at radius 3 is 2.65 bits per heavy atom. The predicted octanol–water partition coefficient (Wildman–Crippen LogP) is 4.39. The van der Waals surface area contributed by atoms with Crippen LogP contribution in [0.15, 0.2) is 18.2 Å². The van der Waals surface area contributed by atoms with Gasteiger partial charge in [-0.2, -0.15) is 0 Å². The topological polar surface area (TPSA) is 50.4 Å². The summed E-state index contributed by atoms with van der Waals surface area (Å²) in [5, 5.41) is 7.44. The lowest BCUT2D eigenvalue weighted by molar-refractivity contribution is 0.0497. The van der Waals surface area contributed by atoms with Crippen molar-refractivity contribution in [1.29, 1.82) is 0 Å². The van der Waals surface area contributed by atoms with Crippen LogP contribution in [0.5, 0.6) is 0 Å². The lowest BCUT2D eigenvalue weighted by atomic mass is 10.1. The summed E-state index contributed by atoms with van der Waals surface area (Å²) in [5.41, 5.74) is 0.464. The maximum atomic E-state index is 11.9. The average molecular weight is 359 g/mol. The molecule has 4 nitrogen and oxygen atoms in total. The standard InChI is InChI=1S/C17H24Cl2N2O2/c1-17(2,3)23-16(22)21-14(11-7-8-11)10-20-9-12-5-4-6-13(18)15(12)19/h4-6,11,14,20H,7-10H2,1-3H3,(H,21,22). The second-order valence-electron chi connectivity index (χ2n) is 6.93. The van der Waals surface area contributed by atoms with E-state index in [0.29, 0.717) is 29.1 Å². The van der Waals surface area contributed by atoms with Gasteiger partial charge in [0.15, 0.2) is 0 Å². The summed E-state index contributed by atoms with van der Waals surface area (Å²) in [4.78, 5) is 11.9. The lowest BCUT2D eigenvalue weighted by Gasteiger charge is -2.24. The molecule has 0 radical (unpaired) electrons. The maximum Gasteiger partial charge on any atom is 0.407 e. The van der Waals surface area contributed by atoms with Crippen molar-refractivity contribution in [3.63, 3.8) is 0 Å². The van der Waals surface area contributed by atoms with E-state index in [-0.39, 0.29) is 12.1 Å². The zero-order valence-corrected chi connectivity index (χ0v) is 15.3. The first-order chi connectivity index (χ1) is 10.8. The van der Waals surface area contributed by atoms with E-state index < -0.39 is 5.60 Å². The molecule has 1 unspecified atom stereocenters. The number of hydrogen-bond acceptors (Lipinski definition) is 3. The summed E-state index contributed by atoms with van der Waals surface area (Å²) in [6.45, 7) is 6.86. The molecule has 128 valence electrons. The zero-order chi connectivity index (χ0) is 17.0. The lowest BCUT2D eigenvalue weighted by Crippen LogP contribution is -2.45. The molecular formula is C17H24Cl2N2O2. The van der Waals surface area contributed by atoms with Crippen LogP contribution in [0.25, 0.3) is 0 Å². The second-order valence-corrected chi connectivity index (χ2v) is 7.72. The number of halogens is 2. The molecule has 1 saturated carbocycles. The Balaban J connectivity index is 1.83. The SMILES string of the molecule is CC(C)(C)OC(=O)NC(CNCc1cccc(Cl)c1Cl)C1CC1. The molecule has 2 N–H and O–H groups in total. The fourth-order valence-electron chi connectivity index (χ4n) is 2.34. The summed E-state index contributed by atoms with van der Waals surface area (Å²) < 4.78 is 5.33. The Morgan fingerprint density at radius 2 is 2.04 bits per heavy atom. The Bertz CT molecular complexity index is 554. The van der Waals surface area contributed by atoms with E-state index in [9.17, 15) is 4.79 Å². The summed E-state index contributed by atoms with van der Waals surface area (Å²) in [6, 6.07) is 5.66. The molecular weight excluding hydrogens is 335 g/mol. The quantitative estimate of drug-likeness (QED) is 0.792. The van der Waals surface area contributed by atoms with Gasteiger partial charge in [-0.15, -0.1) is 0 Å². The molecule has 2 rings (SSSR count). The van der Waals surface area contributed by atoms with E-state index in [0.717, 1.165) is 18.4 Å². The number of alkyl carbamates (subject to hydrolysis) is 1. The third kappa shape index (κ3) is 6.21. The van der Waals surface area contributed by atoms with Gasteiger partial charge in [0, 0.05) is 19.1 Å². The van der Waals surface area contributed by atoms with Crippen molar-refractivity contribution in [2.45, 2.75) is 51.8 Å². The molecule has 0 saturated heterocycles. The third-order valence-corrected chi connectivity index (χ3v) is 4.46. The maximum absolute atomic E-state index is 11.9. The normalized spacial score (nSPS) is 16.0. The second kappa shape index (κ2) is 7.73. The highest BCUT2D eigenvalue weighted by Gasteiger charge is 2.33. The predicted molar refractivity (Wildman–Crippen MR) is 94.1 cm³/mol. The van der Waals surface area contributed by atoms with Crippen molar-refractivity contribution in [1.82, 2.24) is 10.6 Å². The minimum absolute atomic E-state index is 0.0720. The van der Waals surface area contributed by atoms with Gasteiger partial charge in [-0.1, -0.05) is 35.3 Å². The van der Waals surface area contributed by atoms with Crippen LogP contribution in [-0.4, -0.2) is 24.3 Å². The highest BCUT2D eigenvalue weighted by molar-refractivity contribution is 6.42. The van der Waals surface area contributed by atoms with E-state index in [1.165, 1.54) is 0 Å². The molecule has 0 heterocycles. The molecule has 1 aliphatic rings. The first kappa shape index (κ1) is 18.4. The molecule has 0 bridgehead atoms. The van der Waals surface area contributed by atoms with Gasteiger partial charge in [0.2, 0.25) is 0 Å². The van der Waals surface area contributed by atoms with E-state index in [1.807, 2.05) is 32.9 Å². The van der Waals surface area contributed by atoms with Crippen LogP contribution in [-0.2, 0) is 11.3 Å². The molecule has 0 aliphatic heterocycles. The number of amides is 1. The average Bonchev–Trinajstić information content (AvgIpc) is 3.24. The number of carbonyl (C=O) groups is 1. The van der Waals surface area contributed by atoms with Crippen LogP contribution in [0.3, 0.4) is 0 Å². The van der Waals surface area contributed by atoms with Crippen LogP contribution < -0.4 is 10.6 Å². The molecule has 1 atom stereocenters. The first-order valence-corrected chi connectivity index (χ1v) is 8.65. The first-order valence-electron chi connectivity index (χ1n) is 7.89. The Hall–Kier alpha value is -0.970. The number of hydrogen-bond donors (Lipinski definition) is 2. The summed E-state index contributed by atoms with van der Waals surface area (Å²) in [7, 11) is 0. The number of nitrogens with one attached hydrogen (secondary N) is 2. The van der Waals surface area contributed by atoms with Gasteiger partial charge >= 0.3 is 6.09 Å². The molecule has 1 aliphatic carbocycles. The fourth-order valence-corrected chi connectivity index (χ4v) is 2.73. The summed E-state index contributed by atoms with van der Waals surface area (Å²) >= 11 is 12.2. The number of ether oxygens (including phenoxy) is 1. The van der Waals surface area contributed by atoms with Crippen molar-refractivity contribution in [2.24, 2.45) is 5.92 Å². The van der Waals surface area contributed by atoms with E-state index in [4.69, 9.17) is 27.9 Å². The van der Waals surface area contributed by atoms with Gasteiger partial charge in [0.25, 0.3) is 0 Å². The van der Waals surface area contributed by atoms with Crippen molar-refractivity contribution >= 4 is 29.3 Å². The zero-order valence-electron chi connectivity index (χ0n) is 13.8. The number of rotatable bonds is 6. The fraction of sp³-hybridized carbons (Fsp3) is 0.588.